The number of benzene rings is 1. The third-order valence-electron chi connectivity index (χ3n) is 5.38. The number of carbonyl (C=O) groups is 1. The number of hydrogen-bond donors (Lipinski definition) is 1. The maximum Gasteiger partial charge on any atom is 0.310 e. The quantitative estimate of drug-likeness (QED) is 0.311. The van der Waals surface area contributed by atoms with Crippen LogP contribution in [-0.2, 0) is 9.53 Å². The summed E-state index contributed by atoms with van der Waals surface area (Å²) < 4.78 is 4.94. The van der Waals surface area contributed by atoms with Crippen molar-refractivity contribution in [2.45, 2.75) is 26.2 Å². The van der Waals surface area contributed by atoms with Crippen molar-refractivity contribution in [1.82, 2.24) is 10.2 Å². The number of guanidine groups is 1. The lowest BCUT2D eigenvalue weighted by molar-refractivity contribution is -0.145. The van der Waals surface area contributed by atoms with Gasteiger partial charge in [-0.25, -0.2) is 0 Å². The van der Waals surface area contributed by atoms with E-state index in [1.165, 1.54) is 19.1 Å². The van der Waals surface area contributed by atoms with Gasteiger partial charge in [0.1, 0.15) is 0 Å². The first kappa shape index (κ1) is 21.0. The monoisotopic (exact) mass is 471 g/mol. The molecule has 1 N–H and O–H groups in total. The summed E-state index contributed by atoms with van der Waals surface area (Å²) >= 11 is 0. The van der Waals surface area contributed by atoms with E-state index in [9.17, 15) is 4.79 Å². The van der Waals surface area contributed by atoms with Crippen molar-refractivity contribution in [2.75, 3.05) is 33.3 Å². The highest BCUT2D eigenvalue weighted by Crippen LogP contribution is 2.47. The molecule has 1 saturated carbocycles. The smallest absolute Gasteiger partial charge is 0.310 e. The first-order valence-corrected chi connectivity index (χ1v) is 9.30. The van der Waals surface area contributed by atoms with Gasteiger partial charge in [-0.2, -0.15) is 0 Å². The largest absolute Gasteiger partial charge is 0.469 e. The topological polar surface area (TPSA) is 53.9 Å². The molecule has 1 aromatic carbocycles. The lowest BCUT2D eigenvalue weighted by Gasteiger charge is -2.21. The zero-order valence-electron chi connectivity index (χ0n) is 15.9. The second kappa shape index (κ2) is 9.58. The first-order valence-electron chi connectivity index (χ1n) is 9.30. The molecule has 5 nitrogen and oxygen atoms in total. The highest BCUT2D eigenvalue weighted by atomic mass is 127. The summed E-state index contributed by atoms with van der Waals surface area (Å²) in [5.41, 5.74) is 1.42. The Kier molecular flexibility index (Phi) is 7.73. The summed E-state index contributed by atoms with van der Waals surface area (Å²) in [6, 6.07) is 10.7. The number of aliphatic imine (C=N–C) groups is 1. The SMILES string of the molecule is CCNC(=NCC1CC1c1ccccc1)N1CC(C)C(C(=O)OC)C1.I. The minimum Gasteiger partial charge on any atom is -0.469 e. The molecule has 2 fully saturated rings. The molecule has 6 heteroatoms. The van der Waals surface area contributed by atoms with Crippen molar-refractivity contribution in [1.29, 1.82) is 0 Å². The number of likely N-dealkylation sites (tertiary alicyclic amines) is 1. The molecule has 4 unspecified atom stereocenters. The maximum absolute atomic E-state index is 11.9. The molecule has 0 bridgehead atoms. The molecule has 3 rings (SSSR count). The zero-order chi connectivity index (χ0) is 17.8. The van der Waals surface area contributed by atoms with E-state index in [2.05, 4.69) is 54.4 Å². The molecule has 0 aromatic heterocycles. The van der Waals surface area contributed by atoms with Gasteiger partial charge in [-0.1, -0.05) is 37.3 Å². The van der Waals surface area contributed by atoms with Gasteiger partial charge in [-0.05, 0) is 36.7 Å². The molecule has 1 saturated heterocycles. The number of hydrogen-bond acceptors (Lipinski definition) is 3. The Balaban J connectivity index is 0.00000243. The highest BCUT2D eigenvalue weighted by Gasteiger charge is 2.39. The molecule has 1 aromatic rings. The Hall–Kier alpha value is -1.31. The number of nitrogens with zero attached hydrogens (tertiary/aromatic N) is 2. The lowest BCUT2D eigenvalue weighted by atomic mass is 9.99. The van der Waals surface area contributed by atoms with Crippen LogP contribution in [0.1, 0.15) is 31.7 Å². The zero-order valence-corrected chi connectivity index (χ0v) is 18.2. The van der Waals surface area contributed by atoms with E-state index in [0.717, 1.165) is 25.6 Å². The maximum atomic E-state index is 11.9. The standard InChI is InChI=1S/C20H29N3O2.HI/c1-4-21-20(23-12-14(2)18(13-23)19(24)25-3)22-11-16-10-17(16)15-8-6-5-7-9-15;/h5-9,14,16-18H,4,10-13H2,1-3H3,(H,21,22);1H. The molecule has 1 heterocycles. The van der Waals surface area contributed by atoms with Crippen LogP contribution in [0.25, 0.3) is 0 Å². The Morgan fingerprint density at radius 2 is 2.04 bits per heavy atom. The van der Waals surface area contributed by atoms with Crippen LogP contribution in [0, 0.1) is 17.8 Å². The van der Waals surface area contributed by atoms with Gasteiger partial charge < -0.3 is 15.0 Å². The van der Waals surface area contributed by atoms with Crippen LogP contribution < -0.4 is 5.32 Å². The van der Waals surface area contributed by atoms with Crippen LogP contribution in [0.2, 0.25) is 0 Å². The van der Waals surface area contributed by atoms with Gasteiger partial charge >= 0.3 is 5.97 Å². The van der Waals surface area contributed by atoms with E-state index in [1.54, 1.807) is 0 Å². The van der Waals surface area contributed by atoms with E-state index in [4.69, 9.17) is 9.73 Å². The van der Waals surface area contributed by atoms with E-state index in [1.807, 2.05) is 0 Å². The molecule has 0 amide bonds. The molecule has 1 aliphatic carbocycles. The number of carbonyl (C=O) groups excluding carboxylic acids is 1. The fourth-order valence-corrected chi connectivity index (χ4v) is 3.79. The molecular formula is C20H30IN3O2. The van der Waals surface area contributed by atoms with Crippen LogP contribution in [-0.4, -0.2) is 50.1 Å². The molecule has 0 radical (unpaired) electrons. The fraction of sp³-hybridized carbons (Fsp3) is 0.600. The van der Waals surface area contributed by atoms with Crippen molar-refractivity contribution >= 4 is 35.9 Å². The van der Waals surface area contributed by atoms with Crippen molar-refractivity contribution < 1.29 is 9.53 Å². The van der Waals surface area contributed by atoms with Crippen molar-refractivity contribution in [3.8, 4) is 0 Å². The number of nitrogens with one attached hydrogen (secondary N) is 1. The van der Waals surface area contributed by atoms with E-state index >= 15 is 0 Å². The molecule has 26 heavy (non-hydrogen) atoms. The van der Waals surface area contributed by atoms with Gasteiger partial charge in [0, 0.05) is 26.2 Å². The van der Waals surface area contributed by atoms with Crippen molar-refractivity contribution in [3.63, 3.8) is 0 Å². The van der Waals surface area contributed by atoms with Gasteiger partial charge in [0.2, 0.25) is 0 Å². The molecular weight excluding hydrogens is 441 g/mol. The second-order valence-corrected chi connectivity index (χ2v) is 7.22. The summed E-state index contributed by atoms with van der Waals surface area (Å²) in [5.74, 6) is 2.32. The van der Waals surface area contributed by atoms with E-state index in [0.29, 0.717) is 18.4 Å². The van der Waals surface area contributed by atoms with Gasteiger partial charge in [0.05, 0.1) is 13.0 Å². The number of esters is 1. The first-order chi connectivity index (χ1) is 12.1. The number of ether oxygens (including phenoxy) is 1. The van der Waals surface area contributed by atoms with Crippen molar-refractivity contribution in [2.24, 2.45) is 22.7 Å². The van der Waals surface area contributed by atoms with E-state index < -0.39 is 0 Å². The number of halogens is 1. The van der Waals surface area contributed by atoms with Gasteiger partial charge in [-0.3, -0.25) is 9.79 Å². The van der Waals surface area contributed by atoms with E-state index in [-0.39, 0.29) is 41.8 Å². The van der Waals surface area contributed by atoms with Crippen LogP contribution in [0.5, 0.6) is 0 Å². The third-order valence-corrected chi connectivity index (χ3v) is 5.38. The molecule has 2 aliphatic rings. The fourth-order valence-electron chi connectivity index (χ4n) is 3.79. The van der Waals surface area contributed by atoms with Crippen LogP contribution in [0.3, 0.4) is 0 Å². The summed E-state index contributed by atoms with van der Waals surface area (Å²) in [6.07, 6.45) is 1.22. The lowest BCUT2D eigenvalue weighted by Crippen LogP contribution is -2.40. The Bertz CT molecular complexity index is 623. The predicted molar refractivity (Wildman–Crippen MR) is 115 cm³/mol. The van der Waals surface area contributed by atoms with Crippen LogP contribution in [0.4, 0.5) is 0 Å². The molecule has 0 spiro atoms. The van der Waals surface area contributed by atoms with Crippen LogP contribution in [0.15, 0.2) is 35.3 Å². The normalized spacial score (nSPS) is 27.7. The van der Waals surface area contributed by atoms with Crippen molar-refractivity contribution in [3.05, 3.63) is 35.9 Å². The Morgan fingerprint density at radius 3 is 2.69 bits per heavy atom. The minimum atomic E-state index is -0.114. The molecule has 1 aliphatic heterocycles. The Labute approximate surface area is 173 Å². The summed E-state index contributed by atoms with van der Waals surface area (Å²) in [6.45, 7) is 7.40. The molecule has 4 atom stereocenters. The highest BCUT2D eigenvalue weighted by molar-refractivity contribution is 14.0. The Morgan fingerprint density at radius 1 is 1.31 bits per heavy atom. The number of rotatable bonds is 5. The predicted octanol–water partition coefficient (Wildman–Crippen LogP) is 3.11. The average molecular weight is 471 g/mol. The minimum absolute atomic E-state index is 0. The third kappa shape index (κ3) is 4.90. The number of methoxy groups -OCH3 is 1. The van der Waals surface area contributed by atoms with Gasteiger partial charge in [-0.15, -0.1) is 24.0 Å². The van der Waals surface area contributed by atoms with Crippen LogP contribution >= 0.6 is 24.0 Å². The summed E-state index contributed by atoms with van der Waals surface area (Å²) in [5, 5.41) is 3.38. The summed E-state index contributed by atoms with van der Waals surface area (Å²) in [7, 11) is 1.47. The second-order valence-electron chi connectivity index (χ2n) is 7.22. The summed E-state index contributed by atoms with van der Waals surface area (Å²) in [4.78, 5) is 19.0. The van der Waals surface area contributed by atoms with Gasteiger partial charge in [0.25, 0.3) is 0 Å². The van der Waals surface area contributed by atoms with Gasteiger partial charge in [0.15, 0.2) is 5.96 Å². The average Bonchev–Trinajstić information content (AvgIpc) is 3.32. The molecule has 144 valence electrons.